The van der Waals surface area contributed by atoms with Gasteiger partial charge >= 0.3 is 0 Å². The molecule has 1 amide bonds. The molecule has 0 unspecified atom stereocenters. The number of carbonyl (C=O) groups excluding carboxylic acids is 1. The second kappa shape index (κ2) is 3.07. The van der Waals surface area contributed by atoms with Crippen LogP contribution in [0.2, 0.25) is 0 Å². The van der Waals surface area contributed by atoms with E-state index in [1.165, 1.54) is 5.48 Å². The summed E-state index contributed by atoms with van der Waals surface area (Å²) in [6, 6.07) is 0. The van der Waals surface area contributed by atoms with Crippen molar-refractivity contribution in [2.75, 3.05) is 0 Å². The van der Waals surface area contributed by atoms with Crippen molar-refractivity contribution >= 4 is 29.1 Å². The summed E-state index contributed by atoms with van der Waals surface area (Å²) >= 11 is 9.84. The summed E-state index contributed by atoms with van der Waals surface area (Å²) in [5, 5.41) is 7.74. The molecule has 0 spiro atoms. The topological polar surface area (TPSA) is 49.3 Å². The molecule has 0 saturated carbocycles. The predicted molar refractivity (Wildman–Crippen MR) is 25.4 cm³/mol. The van der Waals surface area contributed by atoms with Crippen LogP contribution in [-0.4, -0.2) is 16.0 Å². The smallest absolute Gasteiger partial charge is 0.276 e. The Hall–Kier alpha value is 0.01000. The van der Waals surface area contributed by atoms with Crippen molar-refractivity contribution in [3.63, 3.8) is 0 Å². The number of amides is 1. The van der Waals surface area contributed by atoms with Crippen molar-refractivity contribution in [2.24, 2.45) is 0 Å². The average molecular weight is 144 g/mol. The summed E-state index contributed by atoms with van der Waals surface area (Å²) in [7, 11) is 0. The Morgan fingerprint density at radius 3 is 2.14 bits per heavy atom. The van der Waals surface area contributed by atoms with Crippen LogP contribution in [-0.2, 0) is 4.79 Å². The van der Waals surface area contributed by atoms with Crippen molar-refractivity contribution in [1.29, 1.82) is 0 Å². The van der Waals surface area contributed by atoms with Gasteiger partial charge in [0.1, 0.15) is 0 Å². The van der Waals surface area contributed by atoms with Gasteiger partial charge in [0.15, 0.2) is 4.84 Å². The van der Waals surface area contributed by atoms with Crippen molar-refractivity contribution in [3.8, 4) is 0 Å². The molecule has 0 heterocycles. The normalized spacial score (nSPS) is 9.14. The summed E-state index contributed by atoms with van der Waals surface area (Å²) in [5.41, 5.74) is 1.26. The fourth-order valence-corrected chi connectivity index (χ4v) is 0.146. The Morgan fingerprint density at radius 2 is 2.14 bits per heavy atom. The van der Waals surface area contributed by atoms with Crippen LogP contribution in [0.15, 0.2) is 0 Å². The van der Waals surface area contributed by atoms with Gasteiger partial charge in [-0.25, -0.2) is 5.48 Å². The quantitative estimate of drug-likeness (QED) is 0.315. The van der Waals surface area contributed by atoms with Crippen LogP contribution in [0.4, 0.5) is 0 Å². The molecule has 0 aliphatic carbocycles. The van der Waals surface area contributed by atoms with E-state index < -0.39 is 10.7 Å². The molecular formula is C2H3Cl2NO2. The first-order chi connectivity index (χ1) is 3.18. The number of alkyl halides is 2. The Kier molecular flexibility index (Phi) is 3.07. The number of rotatable bonds is 1. The summed E-state index contributed by atoms with van der Waals surface area (Å²) in [6.07, 6.45) is 0. The first-order valence-corrected chi connectivity index (χ1v) is 2.28. The monoisotopic (exact) mass is 143 g/mol. The molecule has 0 rings (SSSR count). The van der Waals surface area contributed by atoms with E-state index >= 15 is 0 Å². The molecule has 0 fully saturated rings. The Morgan fingerprint density at radius 1 is 1.71 bits per heavy atom. The molecule has 0 aromatic carbocycles. The standard InChI is InChI=1S/C2H3Cl2NO2/c3-1(4)2(6)5-7/h1,7H,(H,5,6). The van der Waals surface area contributed by atoms with Gasteiger partial charge in [0, 0.05) is 0 Å². The highest BCUT2D eigenvalue weighted by Gasteiger charge is 2.07. The van der Waals surface area contributed by atoms with E-state index in [0.717, 1.165) is 0 Å². The number of hydrogen-bond acceptors (Lipinski definition) is 2. The molecule has 0 aliphatic heterocycles. The lowest BCUT2D eigenvalue weighted by Gasteiger charge is -1.93. The van der Waals surface area contributed by atoms with Crippen molar-refractivity contribution in [1.82, 2.24) is 5.48 Å². The fourth-order valence-electron chi connectivity index (χ4n) is 0.0488. The third kappa shape index (κ3) is 2.68. The van der Waals surface area contributed by atoms with Gasteiger partial charge in [-0.15, -0.1) is 0 Å². The van der Waals surface area contributed by atoms with Gasteiger partial charge in [0.2, 0.25) is 0 Å². The highest BCUT2D eigenvalue weighted by molar-refractivity contribution is 6.53. The van der Waals surface area contributed by atoms with Crippen LogP contribution in [0.3, 0.4) is 0 Å². The van der Waals surface area contributed by atoms with Crippen LogP contribution in [0.1, 0.15) is 0 Å². The lowest BCUT2D eigenvalue weighted by atomic mass is 10.7. The molecular weight excluding hydrogens is 141 g/mol. The van der Waals surface area contributed by atoms with Crippen LogP contribution in [0, 0.1) is 0 Å². The maximum absolute atomic E-state index is 9.89. The van der Waals surface area contributed by atoms with Gasteiger partial charge in [0.05, 0.1) is 0 Å². The molecule has 3 nitrogen and oxygen atoms in total. The Labute approximate surface area is 50.2 Å². The van der Waals surface area contributed by atoms with Gasteiger partial charge in [-0.05, 0) is 0 Å². The van der Waals surface area contributed by atoms with E-state index in [9.17, 15) is 4.79 Å². The molecule has 0 radical (unpaired) electrons. The third-order valence-electron chi connectivity index (χ3n) is 0.308. The van der Waals surface area contributed by atoms with E-state index in [1.54, 1.807) is 0 Å². The summed E-state index contributed by atoms with van der Waals surface area (Å²) in [4.78, 5) is 8.70. The molecule has 0 aromatic rings. The van der Waals surface area contributed by atoms with Crippen molar-refractivity contribution < 1.29 is 10.0 Å². The van der Waals surface area contributed by atoms with Gasteiger partial charge in [0.25, 0.3) is 5.91 Å². The van der Waals surface area contributed by atoms with Gasteiger partial charge in [-0.2, -0.15) is 0 Å². The number of hydroxylamine groups is 1. The van der Waals surface area contributed by atoms with Gasteiger partial charge < -0.3 is 0 Å². The zero-order valence-electron chi connectivity index (χ0n) is 3.19. The number of hydrogen-bond donors (Lipinski definition) is 2. The van der Waals surface area contributed by atoms with Crippen LogP contribution in [0.25, 0.3) is 0 Å². The lowest BCUT2D eigenvalue weighted by Crippen LogP contribution is -2.24. The summed E-state index contributed by atoms with van der Waals surface area (Å²) in [5.74, 6) is -0.816. The van der Waals surface area contributed by atoms with Crippen LogP contribution in [0.5, 0.6) is 0 Å². The second-order valence-electron chi connectivity index (χ2n) is 0.777. The highest BCUT2D eigenvalue weighted by atomic mass is 35.5. The Bertz CT molecular complexity index is 74.1. The molecule has 0 aromatic heterocycles. The molecule has 2 N–H and O–H groups in total. The van der Waals surface area contributed by atoms with E-state index in [2.05, 4.69) is 0 Å². The van der Waals surface area contributed by atoms with Crippen molar-refractivity contribution in [3.05, 3.63) is 0 Å². The van der Waals surface area contributed by atoms with Crippen molar-refractivity contribution in [2.45, 2.75) is 4.84 Å². The highest BCUT2D eigenvalue weighted by Crippen LogP contribution is 1.98. The van der Waals surface area contributed by atoms with Crippen LogP contribution >= 0.6 is 23.2 Å². The first-order valence-electron chi connectivity index (χ1n) is 1.40. The van der Waals surface area contributed by atoms with Gasteiger partial charge in [-0.3, -0.25) is 10.0 Å². The number of halogens is 2. The molecule has 42 valence electrons. The first kappa shape index (κ1) is 7.01. The van der Waals surface area contributed by atoms with E-state index in [1.807, 2.05) is 0 Å². The summed E-state index contributed by atoms with van der Waals surface area (Å²) < 4.78 is 0. The van der Waals surface area contributed by atoms with E-state index in [4.69, 9.17) is 28.4 Å². The largest absolute Gasteiger partial charge is 0.289 e. The third-order valence-corrected chi connectivity index (χ3v) is 0.705. The molecule has 5 heteroatoms. The zero-order chi connectivity index (χ0) is 5.86. The number of nitrogens with one attached hydrogen (secondary N) is 1. The van der Waals surface area contributed by atoms with Gasteiger partial charge in [-0.1, -0.05) is 23.2 Å². The molecule has 0 atom stereocenters. The zero-order valence-corrected chi connectivity index (χ0v) is 4.70. The molecule has 7 heavy (non-hydrogen) atoms. The minimum atomic E-state index is -1.19. The second-order valence-corrected chi connectivity index (χ2v) is 1.87. The lowest BCUT2D eigenvalue weighted by molar-refractivity contribution is -0.127. The van der Waals surface area contributed by atoms with E-state index in [-0.39, 0.29) is 0 Å². The number of carbonyl (C=O) groups is 1. The van der Waals surface area contributed by atoms with E-state index in [0.29, 0.717) is 0 Å². The fraction of sp³-hybridized carbons (Fsp3) is 0.500. The maximum Gasteiger partial charge on any atom is 0.276 e. The molecule has 0 bridgehead atoms. The SMILES string of the molecule is O=C(NO)C(Cl)Cl. The molecule has 0 saturated heterocycles. The predicted octanol–water partition coefficient (Wildman–Crippen LogP) is 0.295. The Balaban J connectivity index is 3.35. The maximum atomic E-state index is 9.89. The summed E-state index contributed by atoms with van der Waals surface area (Å²) in [6.45, 7) is 0. The minimum Gasteiger partial charge on any atom is -0.289 e. The average Bonchev–Trinajstić information content (AvgIpc) is 1.65. The molecule has 0 aliphatic rings. The minimum absolute atomic E-state index is 0.816. The van der Waals surface area contributed by atoms with Crippen LogP contribution < -0.4 is 5.48 Å².